The average Bonchev–Trinajstić information content (AvgIpc) is 2.18. The fourth-order valence-electron chi connectivity index (χ4n) is 1.39. The van der Waals surface area contributed by atoms with E-state index in [1.807, 2.05) is 13.0 Å². The number of Topliss-reactive ketones (excluding diaryl/α,β-unsaturated/α-hetero) is 1. The van der Waals surface area contributed by atoms with Crippen molar-refractivity contribution in [3.63, 3.8) is 0 Å². The molecule has 0 aromatic carbocycles. The highest BCUT2D eigenvalue weighted by Crippen LogP contribution is 2.24. The molecule has 0 saturated heterocycles. The number of rotatable bonds is 1. The van der Waals surface area contributed by atoms with Gasteiger partial charge in [-0.05, 0) is 6.42 Å². The second-order valence-corrected chi connectivity index (χ2v) is 3.05. The fourth-order valence-corrected chi connectivity index (χ4v) is 1.39. The van der Waals surface area contributed by atoms with Crippen LogP contribution in [0.2, 0.25) is 0 Å². The van der Waals surface area contributed by atoms with Gasteiger partial charge in [0.2, 0.25) is 0 Å². The Kier molecular flexibility index (Phi) is 2.00. The van der Waals surface area contributed by atoms with Crippen LogP contribution in [0, 0.1) is 0 Å². The number of hydrogen-bond donors (Lipinski definition) is 0. The first-order valence-corrected chi connectivity index (χ1v) is 4.46. The molecule has 0 spiro atoms. The zero-order chi connectivity index (χ0) is 9.26. The van der Waals surface area contributed by atoms with Gasteiger partial charge in [0, 0.05) is 24.4 Å². The van der Waals surface area contributed by atoms with Crippen molar-refractivity contribution in [2.45, 2.75) is 19.8 Å². The van der Waals surface area contributed by atoms with Gasteiger partial charge in [-0.2, -0.15) is 0 Å². The molecule has 1 aliphatic rings. The smallest absolute Gasteiger partial charge is 0.171 e. The number of aryl methyl sites for hydroxylation is 1. The summed E-state index contributed by atoms with van der Waals surface area (Å²) < 4.78 is 5.38. The van der Waals surface area contributed by atoms with Crippen molar-refractivity contribution in [1.82, 2.24) is 4.98 Å². The molecule has 1 aromatic rings. The minimum absolute atomic E-state index is 0.136. The first-order chi connectivity index (χ1) is 6.31. The Bertz CT molecular complexity index is 347. The average molecular weight is 177 g/mol. The predicted molar refractivity (Wildman–Crippen MR) is 48.1 cm³/mol. The number of ketones is 1. The SMILES string of the molecule is CCc1cc2c(cn1)C(=O)CCO2. The normalized spacial score (nSPS) is 15.0. The number of pyridine rings is 1. The van der Waals surface area contributed by atoms with Crippen LogP contribution in [0.15, 0.2) is 12.3 Å². The van der Waals surface area contributed by atoms with Crippen molar-refractivity contribution >= 4 is 5.78 Å². The maximum Gasteiger partial charge on any atom is 0.171 e. The number of ether oxygens (including phenoxy) is 1. The Morgan fingerprint density at radius 3 is 3.23 bits per heavy atom. The molecule has 0 unspecified atom stereocenters. The van der Waals surface area contributed by atoms with Crippen molar-refractivity contribution in [2.75, 3.05) is 6.61 Å². The lowest BCUT2D eigenvalue weighted by atomic mass is 10.1. The molecule has 0 N–H and O–H groups in total. The van der Waals surface area contributed by atoms with Gasteiger partial charge in [-0.3, -0.25) is 9.78 Å². The largest absolute Gasteiger partial charge is 0.492 e. The molecule has 2 rings (SSSR count). The van der Waals surface area contributed by atoms with E-state index < -0.39 is 0 Å². The molecule has 2 heterocycles. The van der Waals surface area contributed by atoms with Crippen LogP contribution in [0.5, 0.6) is 5.75 Å². The number of carbonyl (C=O) groups is 1. The molecule has 0 fully saturated rings. The number of nitrogens with zero attached hydrogens (tertiary/aromatic N) is 1. The summed E-state index contributed by atoms with van der Waals surface area (Å²) in [5.74, 6) is 0.833. The van der Waals surface area contributed by atoms with Crippen LogP contribution in [0.1, 0.15) is 29.4 Å². The molecular weight excluding hydrogens is 166 g/mol. The van der Waals surface area contributed by atoms with Crippen LogP contribution in [0.3, 0.4) is 0 Å². The molecule has 0 atom stereocenters. The highest BCUT2D eigenvalue weighted by molar-refractivity contribution is 5.99. The maximum atomic E-state index is 11.4. The summed E-state index contributed by atoms with van der Waals surface area (Å²) in [6.45, 7) is 2.53. The number of aromatic nitrogens is 1. The van der Waals surface area contributed by atoms with Crippen LogP contribution in [0.25, 0.3) is 0 Å². The van der Waals surface area contributed by atoms with Gasteiger partial charge in [-0.25, -0.2) is 0 Å². The lowest BCUT2D eigenvalue weighted by molar-refractivity contribution is 0.0933. The Morgan fingerprint density at radius 2 is 2.46 bits per heavy atom. The molecule has 3 nitrogen and oxygen atoms in total. The first kappa shape index (κ1) is 8.23. The summed E-state index contributed by atoms with van der Waals surface area (Å²) >= 11 is 0. The van der Waals surface area contributed by atoms with Gasteiger partial charge in [0.1, 0.15) is 5.75 Å². The zero-order valence-electron chi connectivity index (χ0n) is 7.54. The van der Waals surface area contributed by atoms with Gasteiger partial charge in [0.25, 0.3) is 0 Å². The Balaban J connectivity index is 2.45. The van der Waals surface area contributed by atoms with Crippen LogP contribution in [0.4, 0.5) is 0 Å². The molecule has 0 amide bonds. The molecule has 0 bridgehead atoms. The molecule has 0 aliphatic carbocycles. The van der Waals surface area contributed by atoms with Crippen LogP contribution in [-0.4, -0.2) is 17.4 Å². The van der Waals surface area contributed by atoms with E-state index in [4.69, 9.17) is 4.74 Å². The lowest BCUT2D eigenvalue weighted by Gasteiger charge is -2.15. The summed E-state index contributed by atoms with van der Waals surface area (Å²) in [6.07, 6.45) is 2.96. The van der Waals surface area contributed by atoms with Gasteiger partial charge in [-0.15, -0.1) is 0 Å². The van der Waals surface area contributed by atoms with Gasteiger partial charge in [-0.1, -0.05) is 6.92 Å². The third-order valence-electron chi connectivity index (χ3n) is 2.17. The number of carbonyl (C=O) groups excluding carboxylic acids is 1. The molecular formula is C10H11NO2. The second-order valence-electron chi connectivity index (χ2n) is 3.05. The van der Waals surface area contributed by atoms with E-state index in [0.29, 0.717) is 24.3 Å². The molecule has 0 radical (unpaired) electrons. The van der Waals surface area contributed by atoms with E-state index in [2.05, 4.69) is 4.98 Å². The molecule has 3 heteroatoms. The quantitative estimate of drug-likeness (QED) is 0.654. The number of fused-ring (bicyclic) bond motifs is 1. The summed E-state index contributed by atoms with van der Waals surface area (Å²) in [5.41, 5.74) is 1.59. The molecule has 1 aliphatic heterocycles. The summed E-state index contributed by atoms with van der Waals surface area (Å²) in [6, 6.07) is 1.85. The number of hydrogen-bond acceptors (Lipinski definition) is 3. The molecule has 0 saturated carbocycles. The van der Waals surface area contributed by atoms with Gasteiger partial charge in [0.15, 0.2) is 5.78 Å². The molecule has 1 aromatic heterocycles. The minimum atomic E-state index is 0.136. The van der Waals surface area contributed by atoms with Gasteiger partial charge in [0.05, 0.1) is 12.2 Å². The summed E-state index contributed by atoms with van der Waals surface area (Å²) in [5, 5.41) is 0. The van der Waals surface area contributed by atoms with E-state index in [1.165, 1.54) is 0 Å². The van der Waals surface area contributed by atoms with E-state index in [-0.39, 0.29) is 5.78 Å². The van der Waals surface area contributed by atoms with Crippen molar-refractivity contribution in [3.8, 4) is 5.75 Å². The van der Waals surface area contributed by atoms with E-state index in [1.54, 1.807) is 6.20 Å². The minimum Gasteiger partial charge on any atom is -0.492 e. The molecule has 13 heavy (non-hydrogen) atoms. The Hall–Kier alpha value is -1.38. The monoisotopic (exact) mass is 177 g/mol. The van der Waals surface area contributed by atoms with Crippen molar-refractivity contribution in [1.29, 1.82) is 0 Å². The third kappa shape index (κ3) is 1.41. The Morgan fingerprint density at radius 1 is 1.62 bits per heavy atom. The van der Waals surface area contributed by atoms with Gasteiger partial charge >= 0.3 is 0 Å². The van der Waals surface area contributed by atoms with Crippen LogP contribution >= 0.6 is 0 Å². The first-order valence-electron chi connectivity index (χ1n) is 4.46. The van der Waals surface area contributed by atoms with Crippen molar-refractivity contribution < 1.29 is 9.53 Å². The van der Waals surface area contributed by atoms with Crippen molar-refractivity contribution in [2.24, 2.45) is 0 Å². The third-order valence-corrected chi connectivity index (χ3v) is 2.17. The standard InChI is InChI=1S/C10H11NO2/c1-2-7-5-10-8(6-11-7)9(12)3-4-13-10/h5-6H,2-4H2,1H3. The zero-order valence-corrected chi connectivity index (χ0v) is 7.54. The second kappa shape index (κ2) is 3.17. The lowest BCUT2D eigenvalue weighted by Crippen LogP contribution is -2.15. The highest BCUT2D eigenvalue weighted by Gasteiger charge is 2.18. The molecule has 68 valence electrons. The van der Waals surface area contributed by atoms with E-state index in [0.717, 1.165) is 12.1 Å². The van der Waals surface area contributed by atoms with Gasteiger partial charge < -0.3 is 4.74 Å². The summed E-state index contributed by atoms with van der Waals surface area (Å²) in [4.78, 5) is 15.5. The fraction of sp³-hybridized carbons (Fsp3) is 0.400. The van der Waals surface area contributed by atoms with E-state index >= 15 is 0 Å². The predicted octanol–water partition coefficient (Wildman–Crippen LogP) is 1.61. The highest BCUT2D eigenvalue weighted by atomic mass is 16.5. The van der Waals surface area contributed by atoms with E-state index in [9.17, 15) is 4.79 Å². The Labute approximate surface area is 76.7 Å². The van der Waals surface area contributed by atoms with Crippen molar-refractivity contribution in [3.05, 3.63) is 23.5 Å². The van der Waals surface area contributed by atoms with Crippen LogP contribution in [-0.2, 0) is 6.42 Å². The maximum absolute atomic E-state index is 11.4. The summed E-state index contributed by atoms with van der Waals surface area (Å²) in [7, 11) is 0. The van der Waals surface area contributed by atoms with Crippen LogP contribution < -0.4 is 4.74 Å². The topological polar surface area (TPSA) is 39.2 Å².